The number of rotatable bonds is 5. The topological polar surface area (TPSA) is 57.6 Å². The first-order valence-electron chi connectivity index (χ1n) is 8.69. The quantitative estimate of drug-likeness (QED) is 0.910. The summed E-state index contributed by atoms with van der Waals surface area (Å²) in [4.78, 5) is 25.8. The third-order valence-electron chi connectivity index (χ3n) is 4.83. The van der Waals surface area contributed by atoms with Crippen molar-refractivity contribution in [3.8, 4) is 0 Å². The fourth-order valence-electron chi connectivity index (χ4n) is 3.35. The van der Waals surface area contributed by atoms with Crippen molar-refractivity contribution in [2.75, 3.05) is 0 Å². The maximum atomic E-state index is 12.6. The number of carboxylic acids is 1. The number of fused-ring (bicyclic) bond motifs is 1. The first-order chi connectivity index (χ1) is 12.0. The zero-order valence-corrected chi connectivity index (χ0v) is 14.4. The molecule has 1 aliphatic rings. The van der Waals surface area contributed by atoms with Crippen LogP contribution in [0.2, 0.25) is 0 Å². The number of carboxylic acid groups (broad SMARTS) is 1. The van der Waals surface area contributed by atoms with Crippen molar-refractivity contribution in [3.63, 3.8) is 0 Å². The van der Waals surface area contributed by atoms with Crippen LogP contribution < -0.4 is 0 Å². The van der Waals surface area contributed by atoms with Crippen LogP contribution in [0.1, 0.15) is 35.1 Å². The summed E-state index contributed by atoms with van der Waals surface area (Å²) in [5, 5.41) is 9.52. The lowest BCUT2D eigenvalue weighted by molar-refractivity contribution is -0.151. The van der Waals surface area contributed by atoms with Crippen LogP contribution in [-0.2, 0) is 29.0 Å². The van der Waals surface area contributed by atoms with Gasteiger partial charge in [0.1, 0.15) is 6.04 Å². The molecule has 0 aromatic heterocycles. The maximum absolute atomic E-state index is 12.6. The second-order valence-corrected chi connectivity index (χ2v) is 6.69. The SMILES string of the molecule is Cc1ccc(CCCC(=O)N2Cc3ccccc3CC2C(=O)O)cc1. The van der Waals surface area contributed by atoms with Crippen molar-refractivity contribution < 1.29 is 14.7 Å². The molecule has 0 aliphatic carbocycles. The Hall–Kier alpha value is -2.62. The highest BCUT2D eigenvalue weighted by Crippen LogP contribution is 2.24. The van der Waals surface area contributed by atoms with Crippen LogP contribution in [0.25, 0.3) is 0 Å². The summed E-state index contributed by atoms with van der Waals surface area (Å²) < 4.78 is 0. The first kappa shape index (κ1) is 17.2. The largest absolute Gasteiger partial charge is 0.480 e. The number of hydrogen-bond donors (Lipinski definition) is 1. The maximum Gasteiger partial charge on any atom is 0.326 e. The Bertz CT molecular complexity index is 767. The van der Waals surface area contributed by atoms with E-state index in [9.17, 15) is 14.7 Å². The molecule has 4 heteroatoms. The van der Waals surface area contributed by atoms with Crippen LogP contribution in [0.15, 0.2) is 48.5 Å². The van der Waals surface area contributed by atoms with Gasteiger partial charge >= 0.3 is 5.97 Å². The number of carbonyl (C=O) groups excluding carboxylic acids is 1. The summed E-state index contributed by atoms with van der Waals surface area (Å²) >= 11 is 0. The number of amides is 1. The van der Waals surface area contributed by atoms with Crippen LogP contribution in [0.4, 0.5) is 0 Å². The third kappa shape index (κ3) is 4.08. The summed E-state index contributed by atoms with van der Waals surface area (Å²) in [6.07, 6.45) is 2.32. The van der Waals surface area contributed by atoms with Crippen LogP contribution >= 0.6 is 0 Å². The summed E-state index contributed by atoms with van der Waals surface area (Å²) in [5.74, 6) is -1.00. The van der Waals surface area contributed by atoms with Crippen molar-refractivity contribution in [2.45, 2.75) is 45.2 Å². The van der Waals surface area contributed by atoms with Crippen molar-refractivity contribution >= 4 is 11.9 Å². The van der Waals surface area contributed by atoms with Gasteiger partial charge in [0.15, 0.2) is 0 Å². The lowest BCUT2D eigenvalue weighted by Gasteiger charge is -2.34. The van der Waals surface area contributed by atoms with E-state index < -0.39 is 12.0 Å². The smallest absolute Gasteiger partial charge is 0.326 e. The Morgan fingerprint density at radius 3 is 2.44 bits per heavy atom. The Balaban J connectivity index is 1.63. The van der Waals surface area contributed by atoms with Crippen molar-refractivity contribution in [1.82, 2.24) is 4.90 Å². The Morgan fingerprint density at radius 2 is 1.76 bits per heavy atom. The zero-order valence-electron chi connectivity index (χ0n) is 14.4. The molecule has 1 N–H and O–H groups in total. The van der Waals surface area contributed by atoms with Crippen LogP contribution in [0.5, 0.6) is 0 Å². The monoisotopic (exact) mass is 337 g/mol. The molecule has 2 aromatic carbocycles. The minimum atomic E-state index is -0.929. The Morgan fingerprint density at radius 1 is 1.08 bits per heavy atom. The predicted molar refractivity (Wildman–Crippen MR) is 96.2 cm³/mol. The van der Waals surface area contributed by atoms with E-state index in [0.717, 1.165) is 24.0 Å². The molecule has 0 saturated carbocycles. The van der Waals surface area contributed by atoms with Gasteiger partial charge in [-0.25, -0.2) is 4.79 Å². The predicted octanol–water partition coefficient (Wildman–Crippen LogP) is 3.36. The average Bonchev–Trinajstić information content (AvgIpc) is 2.62. The van der Waals surface area contributed by atoms with Crippen LogP contribution in [0, 0.1) is 6.92 Å². The lowest BCUT2D eigenvalue weighted by atomic mass is 9.93. The molecular formula is C21H23NO3. The highest BCUT2D eigenvalue weighted by atomic mass is 16.4. The van der Waals surface area contributed by atoms with Crippen molar-refractivity contribution in [3.05, 3.63) is 70.8 Å². The van der Waals surface area contributed by atoms with Crippen molar-refractivity contribution in [2.24, 2.45) is 0 Å². The van der Waals surface area contributed by atoms with Gasteiger partial charge in [0.25, 0.3) is 0 Å². The summed E-state index contributed by atoms with van der Waals surface area (Å²) in [5.41, 5.74) is 4.50. The van der Waals surface area contributed by atoms with E-state index in [1.807, 2.05) is 31.2 Å². The number of nitrogens with zero attached hydrogens (tertiary/aromatic N) is 1. The molecule has 1 heterocycles. The molecule has 0 saturated heterocycles. The van der Waals surface area contributed by atoms with E-state index in [0.29, 0.717) is 19.4 Å². The molecular weight excluding hydrogens is 314 g/mol. The fraction of sp³-hybridized carbons (Fsp3) is 0.333. The van der Waals surface area contributed by atoms with E-state index in [4.69, 9.17) is 0 Å². The van der Waals surface area contributed by atoms with E-state index in [2.05, 4.69) is 24.3 Å². The molecule has 4 nitrogen and oxygen atoms in total. The fourth-order valence-corrected chi connectivity index (χ4v) is 3.35. The van der Waals surface area contributed by atoms with Gasteiger partial charge in [0.05, 0.1) is 0 Å². The normalized spacial score (nSPS) is 16.4. The summed E-state index contributed by atoms with van der Waals surface area (Å²) in [6.45, 7) is 2.43. The molecule has 1 aliphatic heterocycles. The molecule has 0 bridgehead atoms. The second kappa shape index (κ2) is 7.51. The number of aliphatic carboxylic acids is 1. The molecule has 2 aromatic rings. The van der Waals surface area contributed by atoms with E-state index in [-0.39, 0.29) is 5.91 Å². The Kier molecular flexibility index (Phi) is 5.17. The highest BCUT2D eigenvalue weighted by Gasteiger charge is 2.33. The average molecular weight is 337 g/mol. The molecule has 0 radical (unpaired) electrons. The van der Waals surface area contributed by atoms with Gasteiger partial charge in [-0.05, 0) is 36.5 Å². The molecule has 0 fully saturated rings. The third-order valence-corrected chi connectivity index (χ3v) is 4.83. The molecule has 0 spiro atoms. The summed E-state index contributed by atoms with van der Waals surface area (Å²) in [7, 11) is 0. The van der Waals surface area contributed by atoms with Gasteiger partial charge in [-0.15, -0.1) is 0 Å². The molecule has 1 amide bonds. The van der Waals surface area contributed by atoms with E-state index in [1.54, 1.807) is 0 Å². The lowest BCUT2D eigenvalue weighted by Crippen LogP contribution is -2.48. The number of carbonyl (C=O) groups is 2. The second-order valence-electron chi connectivity index (χ2n) is 6.69. The minimum Gasteiger partial charge on any atom is -0.480 e. The van der Waals surface area contributed by atoms with Gasteiger partial charge in [-0.2, -0.15) is 0 Å². The highest BCUT2D eigenvalue weighted by molar-refractivity contribution is 5.84. The number of benzene rings is 2. The molecule has 25 heavy (non-hydrogen) atoms. The Labute approximate surface area is 148 Å². The molecule has 1 atom stereocenters. The van der Waals surface area contributed by atoms with Gasteiger partial charge in [-0.3, -0.25) is 4.79 Å². The molecule has 1 unspecified atom stereocenters. The zero-order chi connectivity index (χ0) is 17.8. The number of hydrogen-bond acceptors (Lipinski definition) is 2. The van der Waals surface area contributed by atoms with Gasteiger partial charge in [0.2, 0.25) is 5.91 Å². The van der Waals surface area contributed by atoms with Crippen molar-refractivity contribution in [1.29, 1.82) is 0 Å². The van der Waals surface area contributed by atoms with Gasteiger partial charge in [0, 0.05) is 19.4 Å². The summed E-state index contributed by atoms with van der Waals surface area (Å²) in [6, 6.07) is 15.3. The standard InChI is InChI=1S/C21H23NO3/c1-15-9-11-16(12-10-15)5-4-8-20(23)22-14-18-7-3-2-6-17(18)13-19(22)21(24)25/h2-3,6-7,9-12,19H,4-5,8,13-14H2,1H3,(H,24,25). The minimum absolute atomic E-state index is 0.0750. The number of aryl methyl sites for hydroxylation is 2. The van der Waals surface area contributed by atoms with E-state index >= 15 is 0 Å². The van der Waals surface area contributed by atoms with Crippen LogP contribution in [-0.4, -0.2) is 27.9 Å². The molecule has 130 valence electrons. The molecule has 3 rings (SSSR count). The van der Waals surface area contributed by atoms with E-state index in [1.165, 1.54) is 16.0 Å². The van der Waals surface area contributed by atoms with Gasteiger partial charge < -0.3 is 10.0 Å². The van der Waals surface area contributed by atoms with Gasteiger partial charge in [-0.1, -0.05) is 54.1 Å². The van der Waals surface area contributed by atoms with Crippen LogP contribution in [0.3, 0.4) is 0 Å². The first-order valence-corrected chi connectivity index (χ1v) is 8.69.